The molecule has 0 unspecified atom stereocenters. The van der Waals surface area contributed by atoms with Crippen LogP contribution in [0, 0.1) is 0 Å². The highest BCUT2D eigenvalue weighted by Crippen LogP contribution is 2.36. The van der Waals surface area contributed by atoms with Crippen LogP contribution in [0.2, 0.25) is 0 Å². The third kappa shape index (κ3) is 2.54. The van der Waals surface area contributed by atoms with Gasteiger partial charge in [-0.2, -0.15) is 0 Å². The molecule has 5 heteroatoms. The molecule has 1 aromatic heterocycles. The Morgan fingerprint density at radius 1 is 1.10 bits per heavy atom. The molecule has 0 radical (unpaired) electrons. The van der Waals surface area contributed by atoms with Gasteiger partial charge in [-0.25, -0.2) is 0 Å². The summed E-state index contributed by atoms with van der Waals surface area (Å²) in [6.45, 7) is 1.22. The van der Waals surface area contributed by atoms with Crippen LogP contribution in [0.4, 0.5) is 0 Å². The van der Waals surface area contributed by atoms with Crippen LogP contribution in [0.25, 0.3) is 0 Å². The predicted molar refractivity (Wildman–Crippen MR) is 77.4 cm³/mol. The summed E-state index contributed by atoms with van der Waals surface area (Å²) in [5.74, 6) is 1.21. The van der Waals surface area contributed by atoms with Gasteiger partial charge in [0.1, 0.15) is 0 Å². The summed E-state index contributed by atoms with van der Waals surface area (Å²) in [6, 6.07) is 6.90. The van der Waals surface area contributed by atoms with Gasteiger partial charge in [-0.15, -0.1) is 0 Å². The third-order valence-corrected chi connectivity index (χ3v) is 3.68. The van der Waals surface area contributed by atoms with E-state index >= 15 is 0 Å². The summed E-state index contributed by atoms with van der Waals surface area (Å²) >= 11 is 3.43. The average molecular weight is 334 g/mol. The number of pyridine rings is 1. The zero-order valence-electron chi connectivity index (χ0n) is 10.6. The standard InChI is InChI=1S/C15H12BrNO3/c16-12-9-14-13(19-6-1-7-20-14)8-11(12)15(18)10-2-4-17-5-3-10/h2-5,8-9H,1,6-7H2. The SMILES string of the molecule is O=C(c1ccncc1)c1cc2c(cc1Br)OCCCO2. The monoisotopic (exact) mass is 333 g/mol. The highest BCUT2D eigenvalue weighted by Gasteiger charge is 2.18. The van der Waals surface area contributed by atoms with Crippen molar-refractivity contribution >= 4 is 21.7 Å². The summed E-state index contributed by atoms with van der Waals surface area (Å²) in [4.78, 5) is 16.4. The maximum absolute atomic E-state index is 12.5. The van der Waals surface area contributed by atoms with E-state index in [1.54, 1.807) is 36.7 Å². The van der Waals surface area contributed by atoms with Crippen molar-refractivity contribution in [1.29, 1.82) is 0 Å². The maximum atomic E-state index is 12.5. The van der Waals surface area contributed by atoms with Crippen LogP contribution in [-0.2, 0) is 0 Å². The molecule has 0 saturated carbocycles. The zero-order valence-corrected chi connectivity index (χ0v) is 12.2. The fraction of sp³-hybridized carbons (Fsp3) is 0.200. The average Bonchev–Trinajstić information content (AvgIpc) is 2.71. The van der Waals surface area contributed by atoms with Crippen LogP contribution in [0.5, 0.6) is 11.5 Å². The van der Waals surface area contributed by atoms with Gasteiger partial charge in [0.05, 0.1) is 13.2 Å². The molecule has 102 valence electrons. The normalized spacial score (nSPS) is 13.7. The Hall–Kier alpha value is -1.88. The minimum absolute atomic E-state index is 0.0741. The van der Waals surface area contributed by atoms with E-state index in [0.717, 1.165) is 6.42 Å². The molecule has 0 fully saturated rings. The third-order valence-electron chi connectivity index (χ3n) is 3.02. The Morgan fingerprint density at radius 2 is 1.75 bits per heavy atom. The number of aromatic nitrogens is 1. The number of carbonyl (C=O) groups is 1. The molecule has 20 heavy (non-hydrogen) atoms. The van der Waals surface area contributed by atoms with Crippen molar-refractivity contribution in [1.82, 2.24) is 4.98 Å². The first kappa shape index (κ1) is 13.1. The predicted octanol–water partition coefficient (Wildman–Crippen LogP) is 3.24. The quantitative estimate of drug-likeness (QED) is 0.791. The van der Waals surface area contributed by atoms with Crippen LogP contribution in [0.3, 0.4) is 0 Å². The maximum Gasteiger partial charge on any atom is 0.194 e. The Balaban J connectivity index is 2.02. The summed E-state index contributed by atoms with van der Waals surface area (Å²) in [5, 5.41) is 0. The minimum atomic E-state index is -0.0741. The topological polar surface area (TPSA) is 48.4 Å². The fourth-order valence-electron chi connectivity index (χ4n) is 2.02. The molecule has 0 bridgehead atoms. The van der Waals surface area contributed by atoms with Gasteiger partial charge < -0.3 is 9.47 Å². The summed E-state index contributed by atoms with van der Waals surface area (Å²) in [7, 11) is 0. The molecule has 0 saturated heterocycles. The van der Waals surface area contributed by atoms with Crippen LogP contribution in [0.1, 0.15) is 22.3 Å². The van der Waals surface area contributed by atoms with E-state index in [9.17, 15) is 4.79 Å². The van der Waals surface area contributed by atoms with Gasteiger partial charge in [0, 0.05) is 34.4 Å². The van der Waals surface area contributed by atoms with Gasteiger partial charge >= 0.3 is 0 Å². The fourth-order valence-corrected chi connectivity index (χ4v) is 2.52. The van der Waals surface area contributed by atoms with Crippen molar-refractivity contribution in [3.05, 3.63) is 52.3 Å². The molecular formula is C15H12BrNO3. The first-order chi connectivity index (χ1) is 9.75. The van der Waals surface area contributed by atoms with Crippen LogP contribution in [-0.4, -0.2) is 24.0 Å². The molecule has 2 aromatic rings. The van der Waals surface area contributed by atoms with E-state index in [-0.39, 0.29) is 5.78 Å². The van der Waals surface area contributed by atoms with Crippen molar-refractivity contribution in [3.63, 3.8) is 0 Å². The molecule has 0 spiro atoms. The molecule has 1 aliphatic heterocycles. The lowest BCUT2D eigenvalue weighted by Crippen LogP contribution is -2.04. The van der Waals surface area contributed by atoms with Crippen LogP contribution < -0.4 is 9.47 Å². The van der Waals surface area contributed by atoms with Crippen LogP contribution in [0.15, 0.2) is 41.1 Å². The number of benzene rings is 1. The van der Waals surface area contributed by atoms with Crippen LogP contribution >= 0.6 is 15.9 Å². The zero-order chi connectivity index (χ0) is 13.9. The molecule has 3 rings (SSSR count). The smallest absolute Gasteiger partial charge is 0.194 e. The lowest BCUT2D eigenvalue weighted by atomic mass is 10.0. The number of rotatable bonds is 2. The molecule has 1 aliphatic rings. The van der Waals surface area contributed by atoms with E-state index in [1.165, 1.54) is 0 Å². The van der Waals surface area contributed by atoms with Gasteiger partial charge in [0.2, 0.25) is 0 Å². The largest absolute Gasteiger partial charge is 0.490 e. The molecule has 1 aromatic carbocycles. The minimum Gasteiger partial charge on any atom is -0.490 e. The van der Waals surface area contributed by atoms with Crippen molar-refractivity contribution < 1.29 is 14.3 Å². The molecule has 0 aliphatic carbocycles. The van der Waals surface area contributed by atoms with E-state index in [4.69, 9.17) is 9.47 Å². The number of nitrogens with zero attached hydrogens (tertiary/aromatic N) is 1. The van der Waals surface area contributed by atoms with Crippen molar-refractivity contribution in [3.8, 4) is 11.5 Å². The van der Waals surface area contributed by atoms with Gasteiger partial charge in [-0.05, 0) is 40.2 Å². The lowest BCUT2D eigenvalue weighted by Gasteiger charge is -2.11. The first-order valence-corrected chi connectivity index (χ1v) is 7.09. The Labute approximate surface area is 124 Å². The van der Waals surface area contributed by atoms with Crippen molar-refractivity contribution in [2.75, 3.05) is 13.2 Å². The second kappa shape index (κ2) is 5.63. The van der Waals surface area contributed by atoms with Crippen molar-refractivity contribution in [2.24, 2.45) is 0 Å². The number of ether oxygens (including phenoxy) is 2. The first-order valence-electron chi connectivity index (χ1n) is 6.29. The second-order valence-corrected chi connectivity index (χ2v) is 5.25. The molecule has 4 nitrogen and oxygen atoms in total. The number of carbonyl (C=O) groups excluding carboxylic acids is 1. The Kier molecular flexibility index (Phi) is 3.69. The molecule has 0 N–H and O–H groups in total. The second-order valence-electron chi connectivity index (χ2n) is 4.39. The molecule has 0 amide bonds. The number of hydrogen-bond donors (Lipinski definition) is 0. The van der Waals surface area contributed by atoms with E-state index in [1.807, 2.05) is 0 Å². The molecule has 2 heterocycles. The van der Waals surface area contributed by atoms with Crippen molar-refractivity contribution in [2.45, 2.75) is 6.42 Å². The summed E-state index contributed by atoms with van der Waals surface area (Å²) in [6.07, 6.45) is 4.04. The lowest BCUT2D eigenvalue weighted by molar-refractivity contribution is 0.103. The van der Waals surface area contributed by atoms with Gasteiger partial charge in [-0.3, -0.25) is 9.78 Å². The van der Waals surface area contributed by atoms with E-state index in [0.29, 0.717) is 40.3 Å². The number of ketones is 1. The number of halogens is 1. The highest BCUT2D eigenvalue weighted by atomic mass is 79.9. The molecule has 0 atom stereocenters. The van der Waals surface area contributed by atoms with E-state index in [2.05, 4.69) is 20.9 Å². The van der Waals surface area contributed by atoms with Gasteiger partial charge in [0.25, 0.3) is 0 Å². The Bertz CT molecular complexity index is 643. The van der Waals surface area contributed by atoms with E-state index < -0.39 is 0 Å². The summed E-state index contributed by atoms with van der Waals surface area (Å²) < 4.78 is 11.9. The van der Waals surface area contributed by atoms with Gasteiger partial charge in [-0.1, -0.05) is 0 Å². The highest BCUT2D eigenvalue weighted by molar-refractivity contribution is 9.10. The number of hydrogen-bond acceptors (Lipinski definition) is 4. The van der Waals surface area contributed by atoms with Gasteiger partial charge in [0.15, 0.2) is 17.3 Å². The Morgan fingerprint density at radius 3 is 2.45 bits per heavy atom. The summed E-state index contributed by atoms with van der Waals surface area (Å²) in [5.41, 5.74) is 1.15. The number of fused-ring (bicyclic) bond motifs is 1. The molecular weight excluding hydrogens is 322 g/mol.